The second-order valence-electron chi connectivity index (χ2n) is 11.5. The zero-order valence-electron chi connectivity index (χ0n) is 19.9. The Hall–Kier alpha value is -2.64. The third kappa shape index (κ3) is 4.45. The molecule has 2 aliphatic carbocycles. The highest BCUT2D eigenvalue weighted by atomic mass is 16.5. The summed E-state index contributed by atoms with van der Waals surface area (Å²) in [6.45, 7) is 11.6. The Kier molecular flexibility index (Phi) is 5.25. The fourth-order valence-electron chi connectivity index (χ4n) is 4.99. The summed E-state index contributed by atoms with van der Waals surface area (Å²) in [6, 6.07) is 7.66. The highest BCUT2D eigenvalue weighted by Crippen LogP contribution is 2.53. The van der Waals surface area contributed by atoms with Gasteiger partial charge in [0.2, 0.25) is 0 Å². The first-order valence-electron chi connectivity index (χ1n) is 11.3. The van der Waals surface area contributed by atoms with E-state index < -0.39 is 11.5 Å². The molecule has 0 spiro atoms. The third-order valence-corrected chi connectivity index (χ3v) is 6.34. The van der Waals surface area contributed by atoms with Gasteiger partial charge in [0.05, 0.1) is 0 Å². The number of benzene rings is 1. The second-order valence-corrected chi connectivity index (χ2v) is 11.5. The van der Waals surface area contributed by atoms with Gasteiger partial charge in [-0.2, -0.15) is 0 Å². The Balaban J connectivity index is 1.82. The van der Waals surface area contributed by atoms with Crippen molar-refractivity contribution in [1.82, 2.24) is 0 Å². The molecule has 0 unspecified atom stereocenters. The molecule has 0 radical (unpaired) electrons. The molecule has 1 aromatic carbocycles. The Morgan fingerprint density at radius 3 is 1.78 bits per heavy atom. The van der Waals surface area contributed by atoms with Crippen LogP contribution >= 0.6 is 0 Å². The second kappa shape index (κ2) is 7.46. The summed E-state index contributed by atoms with van der Waals surface area (Å²) in [5.74, 6) is 7.00. The molecule has 0 amide bonds. The van der Waals surface area contributed by atoms with E-state index in [2.05, 4.69) is 39.5 Å². The number of rotatable bonds is 1. The largest absolute Gasteiger partial charge is 0.465 e. The van der Waals surface area contributed by atoms with Gasteiger partial charge in [0.1, 0.15) is 17.1 Å². The fraction of sp³-hybridized carbons (Fsp3) is 0.500. The van der Waals surface area contributed by atoms with Gasteiger partial charge >= 0.3 is 0 Å². The molecular formula is C28H32O4. The van der Waals surface area contributed by atoms with Gasteiger partial charge in [-0.15, -0.1) is 0 Å². The normalized spacial score (nSPS) is 22.6. The molecule has 0 atom stereocenters. The maximum absolute atomic E-state index is 13.3. The standard InChI is InChI=1S/C28H32O4/c1-26(2)13-19(29)24-21(15-26)32-22-16-27(3,4)14-20(30)25(22)23(24)18-9-7-17(8-10-18)11-12-28(5,6)31/h7-10,23,31H,13-16H2,1-6H3. The van der Waals surface area contributed by atoms with Crippen LogP contribution in [0.1, 0.15) is 84.3 Å². The number of Topliss-reactive ketones (excluding diaryl/α,β-unsaturated/α-hetero) is 2. The predicted molar refractivity (Wildman–Crippen MR) is 124 cm³/mol. The van der Waals surface area contributed by atoms with Crippen molar-refractivity contribution in [2.75, 3.05) is 0 Å². The summed E-state index contributed by atoms with van der Waals surface area (Å²) < 4.78 is 6.33. The predicted octanol–water partition coefficient (Wildman–Crippen LogP) is 5.21. The molecule has 0 saturated carbocycles. The molecule has 4 heteroatoms. The van der Waals surface area contributed by atoms with E-state index in [0.717, 1.165) is 22.6 Å². The lowest BCUT2D eigenvalue weighted by atomic mass is 9.65. The van der Waals surface area contributed by atoms with Gasteiger partial charge in [0.15, 0.2) is 11.6 Å². The van der Waals surface area contributed by atoms with Crippen LogP contribution in [-0.2, 0) is 14.3 Å². The van der Waals surface area contributed by atoms with Crippen molar-refractivity contribution in [3.05, 3.63) is 58.1 Å². The van der Waals surface area contributed by atoms with Crippen LogP contribution in [0.4, 0.5) is 0 Å². The van der Waals surface area contributed by atoms with Gasteiger partial charge in [-0.25, -0.2) is 0 Å². The van der Waals surface area contributed by atoms with Crippen molar-refractivity contribution in [3.63, 3.8) is 0 Å². The van der Waals surface area contributed by atoms with Gasteiger partial charge < -0.3 is 9.84 Å². The van der Waals surface area contributed by atoms with E-state index in [4.69, 9.17) is 4.74 Å². The van der Waals surface area contributed by atoms with Crippen LogP contribution in [0.25, 0.3) is 0 Å². The molecule has 168 valence electrons. The minimum Gasteiger partial charge on any atom is -0.465 e. The number of ketones is 2. The van der Waals surface area contributed by atoms with Gasteiger partial charge in [-0.3, -0.25) is 9.59 Å². The molecule has 0 aromatic heterocycles. The highest BCUT2D eigenvalue weighted by Gasteiger charge is 2.47. The van der Waals surface area contributed by atoms with Gasteiger partial charge in [-0.1, -0.05) is 51.7 Å². The molecule has 4 rings (SSSR count). The van der Waals surface area contributed by atoms with Crippen LogP contribution < -0.4 is 0 Å². The van der Waals surface area contributed by atoms with Gasteiger partial charge in [0.25, 0.3) is 0 Å². The number of hydrogen-bond donors (Lipinski definition) is 1. The smallest absolute Gasteiger partial charge is 0.163 e. The van der Waals surface area contributed by atoms with Gasteiger partial charge in [0, 0.05) is 48.3 Å². The minimum absolute atomic E-state index is 0.0660. The van der Waals surface area contributed by atoms with E-state index in [1.165, 1.54) is 0 Å². The van der Waals surface area contributed by atoms with E-state index in [9.17, 15) is 14.7 Å². The molecule has 1 aliphatic heterocycles. The first kappa shape index (κ1) is 22.6. The lowest BCUT2D eigenvalue weighted by Gasteiger charge is -2.42. The monoisotopic (exact) mass is 432 g/mol. The molecule has 1 heterocycles. The molecular weight excluding hydrogens is 400 g/mol. The van der Waals surface area contributed by atoms with E-state index in [1.54, 1.807) is 13.8 Å². The van der Waals surface area contributed by atoms with E-state index in [1.807, 2.05) is 24.3 Å². The lowest BCUT2D eigenvalue weighted by Crippen LogP contribution is -2.37. The quantitative estimate of drug-likeness (QED) is 0.619. The summed E-state index contributed by atoms with van der Waals surface area (Å²) in [7, 11) is 0. The SMILES string of the molecule is CC(C)(O)C#Cc1ccc(C2C3=C(CC(C)(C)CC3=O)OC3=C2C(=O)CC(C)(C)C3)cc1. The molecule has 0 fully saturated rings. The van der Waals surface area contributed by atoms with Crippen LogP contribution in [-0.4, -0.2) is 22.3 Å². The summed E-state index contributed by atoms with van der Waals surface area (Å²) in [4.78, 5) is 26.6. The van der Waals surface area contributed by atoms with Crippen molar-refractivity contribution >= 4 is 11.6 Å². The molecule has 0 bridgehead atoms. The molecule has 3 aliphatic rings. The average molecular weight is 433 g/mol. The molecule has 1 N–H and O–H groups in total. The van der Waals surface area contributed by atoms with Crippen molar-refractivity contribution in [1.29, 1.82) is 0 Å². The number of ether oxygens (including phenoxy) is 1. The van der Waals surface area contributed by atoms with Crippen molar-refractivity contribution in [2.24, 2.45) is 10.8 Å². The van der Waals surface area contributed by atoms with Crippen LogP contribution in [0.5, 0.6) is 0 Å². The highest BCUT2D eigenvalue weighted by molar-refractivity contribution is 6.06. The first-order chi connectivity index (χ1) is 14.7. The van der Waals surface area contributed by atoms with Crippen molar-refractivity contribution in [3.8, 4) is 11.8 Å². The maximum atomic E-state index is 13.3. The first-order valence-corrected chi connectivity index (χ1v) is 11.3. The number of aliphatic hydroxyl groups is 1. The van der Waals surface area contributed by atoms with Crippen LogP contribution in [0.3, 0.4) is 0 Å². The summed E-state index contributed by atoms with van der Waals surface area (Å²) in [5.41, 5.74) is 1.58. The summed E-state index contributed by atoms with van der Waals surface area (Å²) in [6.07, 6.45) is 2.27. The fourth-order valence-corrected chi connectivity index (χ4v) is 4.99. The molecule has 0 saturated heterocycles. The lowest BCUT2D eigenvalue weighted by molar-refractivity contribution is -0.120. The molecule has 4 nitrogen and oxygen atoms in total. The van der Waals surface area contributed by atoms with E-state index in [-0.39, 0.29) is 22.4 Å². The van der Waals surface area contributed by atoms with E-state index >= 15 is 0 Å². The number of carbonyl (C=O) groups is 2. The maximum Gasteiger partial charge on any atom is 0.163 e. The van der Waals surface area contributed by atoms with Crippen molar-refractivity contribution < 1.29 is 19.4 Å². The van der Waals surface area contributed by atoms with Crippen LogP contribution in [0.2, 0.25) is 0 Å². The zero-order chi connectivity index (χ0) is 23.5. The molecule has 32 heavy (non-hydrogen) atoms. The minimum atomic E-state index is -1.07. The van der Waals surface area contributed by atoms with E-state index in [0.29, 0.717) is 36.8 Å². The number of hydrogen-bond acceptors (Lipinski definition) is 4. The van der Waals surface area contributed by atoms with Crippen molar-refractivity contribution in [2.45, 2.75) is 78.7 Å². The summed E-state index contributed by atoms with van der Waals surface area (Å²) in [5, 5.41) is 9.86. The Morgan fingerprint density at radius 1 is 0.875 bits per heavy atom. The van der Waals surface area contributed by atoms with Crippen LogP contribution in [0, 0.1) is 22.7 Å². The summed E-state index contributed by atoms with van der Waals surface area (Å²) >= 11 is 0. The Bertz CT molecular complexity index is 1060. The Morgan fingerprint density at radius 2 is 1.34 bits per heavy atom. The zero-order valence-corrected chi connectivity index (χ0v) is 19.9. The average Bonchev–Trinajstić information content (AvgIpc) is 2.62. The third-order valence-electron chi connectivity index (χ3n) is 6.34. The Labute approximate surface area is 190 Å². The number of allylic oxidation sites excluding steroid dienone is 4. The number of carbonyl (C=O) groups excluding carboxylic acids is 2. The molecule has 1 aromatic rings. The van der Waals surface area contributed by atoms with Gasteiger partial charge in [-0.05, 0) is 42.4 Å². The topological polar surface area (TPSA) is 63.6 Å². The van der Waals surface area contributed by atoms with Crippen LogP contribution in [0.15, 0.2) is 46.9 Å².